The van der Waals surface area contributed by atoms with Crippen molar-refractivity contribution in [3.8, 4) is 0 Å². The Balaban J connectivity index is 2.69. The summed E-state index contributed by atoms with van der Waals surface area (Å²) in [6.07, 6.45) is -0.672. The predicted octanol–water partition coefficient (Wildman–Crippen LogP) is 0.617. The molecule has 0 heterocycles. The Hall–Kier alpha value is -2.05. The summed E-state index contributed by atoms with van der Waals surface area (Å²) in [7, 11) is 1.24. The van der Waals surface area contributed by atoms with Crippen LogP contribution >= 0.6 is 0 Å². The van der Waals surface area contributed by atoms with Crippen molar-refractivity contribution in [2.45, 2.75) is 37.7 Å². The van der Waals surface area contributed by atoms with Gasteiger partial charge in [-0.1, -0.05) is 0 Å². The number of rotatable bonds is 7. The van der Waals surface area contributed by atoms with Gasteiger partial charge in [0.05, 0.1) is 0 Å². The summed E-state index contributed by atoms with van der Waals surface area (Å²) in [5.41, 5.74) is -0.665. The molecular formula is C17H24N2O5Se. The Morgan fingerprint density at radius 1 is 1.16 bits per heavy atom. The average molecular weight is 415 g/mol. The average Bonchev–Trinajstić information content (AvgIpc) is 2.55. The maximum atomic E-state index is 12.3. The molecule has 1 atom stereocenters. The van der Waals surface area contributed by atoms with Crippen LogP contribution in [0.4, 0.5) is 4.79 Å². The number of hydrogen-bond donors (Lipinski definition) is 2. The molecule has 0 aliphatic rings. The van der Waals surface area contributed by atoms with Crippen LogP contribution in [0.1, 0.15) is 20.8 Å². The van der Waals surface area contributed by atoms with Crippen LogP contribution in [0, 0.1) is 0 Å². The number of alkyl carbamates (subject to hydrolysis) is 1. The number of benzene rings is 1. The number of ether oxygens (including phenoxy) is 2. The molecule has 2 N–H and O–H groups in total. The first-order valence-electron chi connectivity index (χ1n) is 7.73. The van der Waals surface area contributed by atoms with Gasteiger partial charge >= 0.3 is 154 Å². The van der Waals surface area contributed by atoms with Gasteiger partial charge in [-0.25, -0.2) is 0 Å². The second kappa shape index (κ2) is 10.1. The van der Waals surface area contributed by atoms with Crippen molar-refractivity contribution in [3.05, 3.63) is 30.3 Å². The van der Waals surface area contributed by atoms with Gasteiger partial charge in [0.25, 0.3) is 0 Å². The molecule has 1 aromatic carbocycles. The normalized spacial score (nSPS) is 12.0. The molecule has 0 unspecified atom stereocenters. The fraction of sp³-hybridized carbons (Fsp3) is 0.471. The number of carbonyl (C=O) groups excluding carboxylic acids is 3. The Morgan fingerprint density at radius 2 is 1.80 bits per heavy atom. The molecule has 0 fully saturated rings. The third-order valence-corrected chi connectivity index (χ3v) is 5.12. The van der Waals surface area contributed by atoms with Crippen LogP contribution in [0.3, 0.4) is 0 Å². The van der Waals surface area contributed by atoms with Crippen LogP contribution < -0.4 is 15.1 Å². The van der Waals surface area contributed by atoms with Gasteiger partial charge in [-0.05, 0) is 0 Å². The number of methoxy groups -OCH3 is 1. The van der Waals surface area contributed by atoms with E-state index in [-0.39, 0.29) is 21.5 Å². The summed E-state index contributed by atoms with van der Waals surface area (Å²) in [6, 6.07) is 8.90. The Kier molecular flexibility index (Phi) is 8.45. The van der Waals surface area contributed by atoms with Crippen molar-refractivity contribution in [1.82, 2.24) is 10.6 Å². The Bertz CT molecular complexity index is 586. The molecular weight excluding hydrogens is 391 g/mol. The molecule has 25 heavy (non-hydrogen) atoms. The molecule has 8 heteroatoms. The van der Waals surface area contributed by atoms with Crippen LogP contribution in [0.2, 0.25) is 5.32 Å². The molecule has 0 aliphatic carbocycles. The number of hydrogen-bond acceptors (Lipinski definition) is 5. The van der Waals surface area contributed by atoms with E-state index in [4.69, 9.17) is 4.74 Å². The van der Waals surface area contributed by atoms with E-state index >= 15 is 0 Å². The minimum absolute atomic E-state index is 0.0243. The summed E-state index contributed by atoms with van der Waals surface area (Å²) < 4.78 is 10.8. The van der Waals surface area contributed by atoms with Gasteiger partial charge < -0.3 is 0 Å². The van der Waals surface area contributed by atoms with Crippen LogP contribution in [0.15, 0.2) is 30.3 Å². The predicted molar refractivity (Wildman–Crippen MR) is 94.8 cm³/mol. The van der Waals surface area contributed by atoms with Crippen LogP contribution in [-0.4, -0.2) is 58.2 Å². The summed E-state index contributed by atoms with van der Waals surface area (Å²) >= 11 is -0.0243. The second-order valence-electron chi connectivity index (χ2n) is 6.12. The Morgan fingerprint density at radius 3 is 2.36 bits per heavy atom. The summed E-state index contributed by atoms with van der Waals surface area (Å²) in [5, 5.41) is 5.47. The monoisotopic (exact) mass is 416 g/mol. The molecule has 0 saturated carbocycles. The standard InChI is InChI=1S/C17H24N2O5Se/c1-17(2,3)24-16(22)19-13(15(21)18-10-14(20)23-4)11-25-12-8-6-5-7-9-12/h5-9,13H,10-11H2,1-4H3,(H,18,21)(H,19,22)/t13-/m0/s1. The van der Waals surface area contributed by atoms with Gasteiger partial charge in [-0.2, -0.15) is 0 Å². The fourth-order valence-electron chi connectivity index (χ4n) is 1.68. The number of carbonyl (C=O) groups is 3. The van der Waals surface area contributed by atoms with E-state index in [0.717, 1.165) is 4.46 Å². The quantitative estimate of drug-likeness (QED) is 0.503. The first kappa shape index (κ1) is 21.0. The van der Waals surface area contributed by atoms with E-state index in [2.05, 4.69) is 15.4 Å². The van der Waals surface area contributed by atoms with Crippen molar-refractivity contribution in [3.63, 3.8) is 0 Å². The summed E-state index contributed by atoms with van der Waals surface area (Å²) in [6.45, 7) is 4.98. The maximum absolute atomic E-state index is 12.3. The van der Waals surface area contributed by atoms with Crippen molar-refractivity contribution >= 4 is 37.4 Å². The first-order valence-corrected chi connectivity index (χ1v) is 9.80. The molecule has 0 bridgehead atoms. The Labute approximate surface area is 154 Å². The van der Waals surface area contributed by atoms with Gasteiger partial charge in [0.15, 0.2) is 0 Å². The van der Waals surface area contributed by atoms with Gasteiger partial charge in [-0.15, -0.1) is 0 Å². The second-order valence-corrected chi connectivity index (χ2v) is 8.41. The van der Waals surface area contributed by atoms with Crippen LogP contribution in [0.25, 0.3) is 0 Å². The zero-order chi connectivity index (χ0) is 18.9. The zero-order valence-corrected chi connectivity index (χ0v) is 16.5. The zero-order valence-electron chi connectivity index (χ0n) is 14.8. The van der Waals surface area contributed by atoms with Gasteiger partial charge in [-0.3, -0.25) is 0 Å². The van der Waals surface area contributed by atoms with Crippen molar-refractivity contribution in [2.24, 2.45) is 0 Å². The van der Waals surface area contributed by atoms with Crippen molar-refractivity contribution in [2.75, 3.05) is 13.7 Å². The number of nitrogens with one attached hydrogen (secondary N) is 2. The van der Waals surface area contributed by atoms with Crippen LogP contribution in [-0.2, 0) is 19.1 Å². The molecule has 1 aromatic rings. The third kappa shape index (κ3) is 9.12. The molecule has 0 aliphatic heterocycles. The summed E-state index contributed by atoms with van der Waals surface area (Å²) in [4.78, 5) is 35.5. The molecule has 2 amide bonds. The molecule has 138 valence electrons. The van der Waals surface area contributed by atoms with E-state index in [0.29, 0.717) is 5.32 Å². The van der Waals surface area contributed by atoms with E-state index in [1.165, 1.54) is 7.11 Å². The van der Waals surface area contributed by atoms with E-state index in [1.807, 2.05) is 30.3 Å². The SMILES string of the molecule is COC(=O)CNC(=O)[C@H](C[Se]c1ccccc1)NC(=O)OC(C)(C)C. The topological polar surface area (TPSA) is 93.7 Å². The molecule has 7 nitrogen and oxygen atoms in total. The minimum atomic E-state index is -0.792. The van der Waals surface area contributed by atoms with Gasteiger partial charge in [0, 0.05) is 0 Å². The number of amides is 2. The van der Waals surface area contributed by atoms with Crippen molar-refractivity contribution < 1.29 is 23.9 Å². The fourth-order valence-corrected chi connectivity index (χ4v) is 3.66. The molecule has 0 spiro atoms. The first-order chi connectivity index (χ1) is 11.7. The van der Waals surface area contributed by atoms with E-state index < -0.39 is 29.6 Å². The van der Waals surface area contributed by atoms with E-state index in [1.54, 1.807) is 20.8 Å². The molecule has 0 saturated heterocycles. The van der Waals surface area contributed by atoms with Gasteiger partial charge in [0.1, 0.15) is 0 Å². The molecule has 0 aromatic heterocycles. The summed E-state index contributed by atoms with van der Waals surface area (Å²) in [5.74, 6) is -1.01. The molecule has 0 radical (unpaired) electrons. The number of esters is 1. The van der Waals surface area contributed by atoms with Gasteiger partial charge in [0.2, 0.25) is 0 Å². The third-order valence-electron chi connectivity index (χ3n) is 2.80. The molecule has 1 rings (SSSR count). The van der Waals surface area contributed by atoms with Crippen LogP contribution in [0.5, 0.6) is 0 Å². The van der Waals surface area contributed by atoms with Crippen molar-refractivity contribution in [1.29, 1.82) is 0 Å². The van der Waals surface area contributed by atoms with E-state index in [9.17, 15) is 14.4 Å².